The van der Waals surface area contributed by atoms with E-state index in [4.69, 9.17) is 11.6 Å². The maximum atomic E-state index is 13.0. The normalized spacial score (nSPS) is 14.2. The first kappa shape index (κ1) is 23.0. The van der Waals surface area contributed by atoms with Crippen molar-refractivity contribution < 1.29 is 9.59 Å². The van der Waals surface area contributed by atoms with Crippen LogP contribution in [0.2, 0.25) is 5.02 Å². The van der Waals surface area contributed by atoms with E-state index in [1.807, 2.05) is 36.1 Å². The third-order valence-electron chi connectivity index (χ3n) is 5.99. The zero-order valence-corrected chi connectivity index (χ0v) is 19.6. The van der Waals surface area contributed by atoms with Gasteiger partial charge in [0.2, 0.25) is 0 Å². The number of pyridine rings is 1. The number of aryl methyl sites for hydroxylation is 1. The van der Waals surface area contributed by atoms with Crippen LogP contribution < -0.4 is 5.32 Å². The van der Waals surface area contributed by atoms with Gasteiger partial charge in [-0.3, -0.25) is 14.6 Å². The van der Waals surface area contributed by atoms with Gasteiger partial charge in [-0.1, -0.05) is 24.6 Å². The molecule has 7 heteroatoms. The summed E-state index contributed by atoms with van der Waals surface area (Å²) in [7, 11) is 0. The number of amides is 2. The molecular formula is C26H27ClN4O2. The van der Waals surface area contributed by atoms with Gasteiger partial charge in [0.1, 0.15) is 0 Å². The molecule has 33 heavy (non-hydrogen) atoms. The Hall–Kier alpha value is -3.22. The summed E-state index contributed by atoms with van der Waals surface area (Å²) < 4.78 is 0. The molecular weight excluding hydrogens is 436 g/mol. The second kappa shape index (κ2) is 10.1. The Morgan fingerprint density at radius 1 is 1.03 bits per heavy atom. The number of aromatic nitrogens is 1. The Labute approximate surface area is 199 Å². The fourth-order valence-electron chi connectivity index (χ4n) is 4.02. The molecule has 170 valence electrons. The first-order chi connectivity index (χ1) is 16.0. The van der Waals surface area contributed by atoms with E-state index in [1.165, 1.54) is 0 Å². The quantitative estimate of drug-likeness (QED) is 0.594. The molecule has 3 aromatic rings. The van der Waals surface area contributed by atoms with Crippen molar-refractivity contribution in [3.63, 3.8) is 0 Å². The molecule has 1 aromatic heterocycles. The number of piperazine rings is 1. The first-order valence-corrected chi connectivity index (χ1v) is 11.5. The van der Waals surface area contributed by atoms with E-state index >= 15 is 0 Å². The smallest absolute Gasteiger partial charge is 0.255 e. The lowest BCUT2D eigenvalue weighted by atomic mass is 10.0. The summed E-state index contributed by atoms with van der Waals surface area (Å²) in [6.45, 7) is 8.22. The van der Waals surface area contributed by atoms with Gasteiger partial charge >= 0.3 is 0 Å². The van der Waals surface area contributed by atoms with Crippen LogP contribution in [0.15, 0.2) is 60.8 Å². The van der Waals surface area contributed by atoms with Crippen LogP contribution in [0, 0.1) is 6.92 Å². The van der Waals surface area contributed by atoms with Crippen molar-refractivity contribution in [2.24, 2.45) is 0 Å². The molecule has 0 unspecified atom stereocenters. The van der Waals surface area contributed by atoms with Gasteiger partial charge in [0.05, 0.1) is 10.7 Å². The lowest BCUT2D eigenvalue weighted by molar-refractivity contribution is 0.0643. The Kier molecular flexibility index (Phi) is 7.06. The molecule has 4 rings (SSSR count). The average molecular weight is 463 g/mol. The maximum absolute atomic E-state index is 13.0. The van der Waals surface area contributed by atoms with Crippen molar-refractivity contribution in [3.8, 4) is 11.3 Å². The molecule has 0 radical (unpaired) electrons. The summed E-state index contributed by atoms with van der Waals surface area (Å²) >= 11 is 6.35. The van der Waals surface area contributed by atoms with Crippen molar-refractivity contribution in [1.29, 1.82) is 0 Å². The van der Waals surface area contributed by atoms with Crippen molar-refractivity contribution in [1.82, 2.24) is 14.8 Å². The molecule has 2 aromatic carbocycles. The average Bonchev–Trinajstić information content (AvgIpc) is 2.85. The molecule has 0 spiro atoms. The summed E-state index contributed by atoms with van der Waals surface area (Å²) in [6.07, 6.45) is 1.70. The van der Waals surface area contributed by atoms with Crippen LogP contribution in [-0.2, 0) is 0 Å². The van der Waals surface area contributed by atoms with E-state index in [0.29, 0.717) is 21.8 Å². The summed E-state index contributed by atoms with van der Waals surface area (Å²) in [5, 5.41) is 3.49. The first-order valence-electron chi connectivity index (χ1n) is 11.1. The van der Waals surface area contributed by atoms with Crippen LogP contribution in [0.5, 0.6) is 0 Å². The van der Waals surface area contributed by atoms with Crippen LogP contribution >= 0.6 is 11.6 Å². The fourth-order valence-corrected chi connectivity index (χ4v) is 4.24. The van der Waals surface area contributed by atoms with E-state index in [9.17, 15) is 9.59 Å². The van der Waals surface area contributed by atoms with Crippen molar-refractivity contribution in [2.75, 3.05) is 38.0 Å². The molecule has 1 saturated heterocycles. The molecule has 0 aliphatic carbocycles. The van der Waals surface area contributed by atoms with Crippen LogP contribution in [0.4, 0.5) is 5.69 Å². The Morgan fingerprint density at radius 3 is 2.48 bits per heavy atom. The van der Waals surface area contributed by atoms with Crippen LogP contribution in [0.3, 0.4) is 0 Å². The number of carbonyl (C=O) groups excluding carboxylic acids is 2. The molecule has 2 amide bonds. The number of carbonyl (C=O) groups is 2. The summed E-state index contributed by atoms with van der Waals surface area (Å²) in [4.78, 5) is 34.4. The number of benzene rings is 2. The molecule has 2 heterocycles. The number of nitrogens with one attached hydrogen (secondary N) is 1. The van der Waals surface area contributed by atoms with E-state index in [2.05, 4.69) is 22.1 Å². The number of likely N-dealkylation sites (N-methyl/N-ethyl adjacent to an activating group) is 1. The largest absolute Gasteiger partial charge is 0.336 e. The second-order valence-electron chi connectivity index (χ2n) is 8.12. The third-order valence-corrected chi connectivity index (χ3v) is 6.32. The lowest BCUT2D eigenvalue weighted by Gasteiger charge is -2.34. The molecule has 1 fully saturated rings. The minimum Gasteiger partial charge on any atom is -0.336 e. The van der Waals surface area contributed by atoms with Gasteiger partial charge in [0.25, 0.3) is 11.8 Å². The molecule has 0 atom stereocenters. The standard InChI is InChI=1S/C26H27ClN4O2/c1-3-30-12-14-31(15-13-30)26(33)19-7-9-21(18(2)16-19)25(32)29-20-8-10-23(27)22(17-20)24-6-4-5-11-28-24/h4-11,16-17H,3,12-15H2,1-2H3,(H,29,32). The van der Waals surface area contributed by atoms with Gasteiger partial charge in [0, 0.05) is 54.8 Å². The predicted molar refractivity (Wildman–Crippen MR) is 132 cm³/mol. The molecule has 0 bridgehead atoms. The zero-order chi connectivity index (χ0) is 23.4. The minimum atomic E-state index is -0.239. The van der Waals surface area contributed by atoms with Gasteiger partial charge in [-0.2, -0.15) is 0 Å². The number of anilines is 1. The number of hydrogen-bond donors (Lipinski definition) is 1. The number of nitrogens with zero attached hydrogens (tertiary/aromatic N) is 3. The lowest BCUT2D eigenvalue weighted by Crippen LogP contribution is -2.48. The summed E-state index contributed by atoms with van der Waals surface area (Å²) in [5.74, 6) is -0.226. The van der Waals surface area contributed by atoms with Crippen molar-refractivity contribution >= 4 is 29.1 Å². The van der Waals surface area contributed by atoms with Gasteiger partial charge in [-0.15, -0.1) is 0 Å². The summed E-state index contributed by atoms with van der Waals surface area (Å²) in [6, 6.07) is 16.2. The minimum absolute atomic E-state index is 0.0125. The van der Waals surface area contributed by atoms with E-state index < -0.39 is 0 Å². The highest BCUT2D eigenvalue weighted by atomic mass is 35.5. The van der Waals surface area contributed by atoms with Crippen molar-refractivity contribution in [3.05, 3.63) is 82.5 Å². The molecule has 1 aliphatic heterocycles. The van der Waals surface area contributed by atoms with Crippen LogP contribution in [0.25, 0.3) is 11.3 Å². The number of rotatable bonds is 5. The van der Waals surface area contributed by atoms with E-state index in [1.54, 1.807) is 36.5 Å². The number of hydrogen-bond acceptors (Lipinski definition) is 4. The zero-order valence-electron chi connectivity index (χ0n) is 18.8. The van der Waals surface area contributed by atoms with Gasteiger partial charge in [-0.05, 0) is 67.6 Å². The topological polar surface area (TPSA) is 65.5 Å². The molecule has 1 N–H and O–H groups in total. The molecule has 0 saturated carbocycles. The second-order valence-corrected chi connectivity index (χ2v) is 8.53. The van der Waals surface area contributed by atoms with Crippen LogP contribution in [-0.4, -0.2) is 59.3 Å². The van der Waals surface area contributed by atoms with Gasteiger partial charge in [-0.25, -0.2) is 0 Å². The maximum Gasteiger partial charge on any atom is 0.255 e. The highest BCUT2D eigenvalue weighted by Gasteiger charge is 2.22. The SMILES string of the molecule is CCN1CCN(C(=O)c2ccc(C(=O)Nc3ccc(Cl)c(-c4ccccn4)c3)c(C)c2)CC1. The molecule has 6 nitrogen and oxygen atoms in total. The van der Waals surface area contributed by atoms with E-state index in [0.717, 1.165) is 49.5 Å². The summed E-state index contributed by atoms with van der Waals surface area (Å²) in [5.41, 5.74) is 3.99. The molecule has 1 aliphatic rings. The highest BCUT2D eigenvalue weighted by molar-refractivity contribution is 6.33. The monoisotopic (exact) mass is 462 g/mol. The van der Waals surface area contributed by atoms with Crippen molar-refractivity contribution in [2.45, 2.75) is 13.8 Å². The Bertz CT molecular complexity index is 1160. The predicted octanol–water partition coefficient (Wildman–Crippen LogP) is 4.74. The van der Waals surface area contributed by atoms with Gasteiger partial charge in [0.15, 0.2) is 0 Å². The van der Waals surface area contributed by atoms with E-state index in [-0.39, 0.29) is 11.8 Å². The Morgan fingerprint density at radius 2 is 1.82 bits per heavy atom. The third kappa shape index (κ3) is 5.24. The number of halogens is 1. The Balaban J connectivity index is 1.48. The van der Waals surface area contributed by atoms with Gasteiger partial charge < -0.3 is 15.1 Å². The highest BCUT2D eigenvalue weighted by Crippen LogP contribution is 2.29. The fraction of sp³-hybridized carbons (Fsp3) is 0.269. The van der Waals surface area contributed by atoms with Crippen LogP contribution in [0.1, 0.15) is 33.2 Å².